The Morgan fingerprint density at radius 1 is 1.17 bits per heavy atom. The van der Waals surface area contributed by atoms with Crippen molar-refractivity contribution in [2.45, 2.75) is 52.1 Å². The van der Waals surface area contributed by atoms with Crippen molar-refractivity contribution in [2.75, 3.05) is 0 Å². The third-order valence-corrected chi connectivity index (χ3v) is 4.14. The second-order valence-corrected chi connectivity index (χ2v) is 5.87. The summed E-state index contributed by atoms with van der Waals surface area (Å²) >= 11 is 0. The van der Waals surface area contributed by atoms with E-state index in [1.54, 1.807) is 0 Å². The molecular weight excluding hydrogens is 288 g/mol. The molecule has 0 amide bonds. The average molecular weight is 312 g/mol. The van der Waals surface area contributed by atoms with E-state index in [4.69, 9.17) is 4.42 Å². The zero-order valence-electron chi connectivity index (χ0n) is 14.0. The summed E-state index contributed by atoms with van der Waals surface area (Å²) in [6.45, 7) is 6.41. The molecule has 0 radical (unpaired) electrons. The standard InChI is InChI=1S/C18H24N4O/c1-4-8-15(18-21-20-17-9-6-7-12-22(17)18)19-13(3)16-11-10-14(5-2)23-16/h6-7,9-13,15,19H,4-5,8H2,1-3H3/t13-,15+/m0/s1. The molecule has 0 aliphatic rings. The highest BCUT2D eigenvalue weighted by Crippen LogP contribution is 2.24. The number of pyridine rings is 1. The van der Waals surface area contributed by atoms with Gasteiger partial charge in [0.15, 0.2) is 11.5 Å². The van der Waals surface area contributed by atoms with Gasteiger partial charge in [0.1, 0.15) is 11.5 Å². The Balaban J connectivity index is 1.83. The highest BCUT2D eigenvalue weighted by atomic mass is 16.3. The van der Waals surface area contributed by atoms with Crippen molar-refractivity contribution in [1.82, 2.24) is 19.9 Å². The first kappa shape index (κ1) is 15.7. The van der Waals surface area contributed by atoms with Crippen LogP contribution in [0.5, 0.6) is 0 Å². The Hall–Kier alpha value is -2.14. The van der Waals surface area contributed by atoms with E-state index in [2.05, 4.69) is 52.8 Å². The molecule has 0 saturated carbocycles. The number of nitrogens with zero attached hydrogens (tertiary/aromatic N) is 3. The van der Waals surface area contributed by atoms with Crippen molar-refractivity contribution in [1.29, 1.82) is 0 Å². The molecule has 0 fully saturated rings. The van der Waals surface area contributed by atoms with Crippen LogP contribution < -0.4 is 5.32 Å². The van der Waals surface area contributed by atoms with E-state index in [0.29, 0.717) is 0 Å². The molecule has 3 heterocycles. The predicted octanol–water partition coefficient (Wildman–Crippen LogP) is 4.08. The molecule has 2 atom stereocenters. The molecule has 5 heteroatoms. The van der Waals surface area contributed by atoms with Gasteiger partial charge in [-0.15, -0.1) is 10.2 Å². The third kappa shape index (κ3) is 3.29. The summed E-state index contributed by atoms with van der Waals surface area (Å²) in [7, 11) is 0. The molecule has 0 saturated heterocycles. The van der Waals surface area contributed by atoms with Gasteiger partial charge in [-0.2, -0.15) is 0 Å². The van der Waals surface area contributed by atoms with E-state index < -0.39 is 0 Å². The highest BCUT2D eigenvalue weighted by molar-refractivity contribution is 5.37. The number of aromatic nitrogens is 3. The molecule has 0 aliphatic carbocycles. The number of furan rings is 1. The zero-order chi connectivity index (χ0) is 16.2. The van der Waals surface area contributed by atoms with Gasteiger partial charge in [0.25, 0.3) is 0 Å². The molecule has 3 rings (SSSR count). The zero-order valence-corrected chi connectivity index (χ0v) is 14.0. The largest absolute Gasteiger partial charge is 0.464 e. The second-order valence-electron chi connectivity index (χ2n) is 5.87. The van der Waals surface area contributed by atoms with E-state index >= 15 is 0 Å². The monoisotopic (exact) mass is 312 g/mol. The first-order valence-electron chi connectivity index (χ1n) is 8.37. The lowest BCUT2D eigenvalue weighted by molar-refractivity contribution is 0.359. The van der Waals surface area contributed by atoms with Gasteiger partial charge in [0.2, 0.25) is 0 Å². The number of rotatable bonds is 7. The Morgan fingerprint density at radius 3 is 2.78 bits per heavy atom. The van der Waals surface area contributed by atoms with Crippen molar-refractivity contribution < 1.29 is 4.42 Å². The maximum absolute atomic E-state index is 5.87. The SMILES string of the molecule is CCC[C@@H](N[C@@H](C)c1ccc(CC)o1)c1nnc2ccccn12. The van der Waals surface area contributed by atoms with Crippen LogP contribution in [0.3, 0.4) is 0 Å². The molecule has 0 aromatic carbocycles. The molecule has 1 N–H and O–H groups in total. The number of hydrogen-bond acceptors (Lipinski definition) is 4. The van der Waals surface area contributed by atoms with Gasteiger partial charge in [-0.1, -0.05) is 26.3 Å². The van der Waals surface area contributed by atoms with Gasteiger partial charge in [-0.25, -0.2) is 0 Å². The lowest BCUT2D eigenvalue weighted by Crippen LogP contribution is -2.26. The number of nitrogens with one attached hydrogen (secondary N) is 1. The molecule has 5 nitrogen and oxygen atoms in total. The van der Waals surface area contributed by atoms with Gasteiger partial charge in [0.05, 0.1) is 12.1 Å². The summed E-state index contributed by atoms with van der Waals surface area (Å²) in [4.78, 5) is 0. The van der Waals surface area contributed by atoms with Crippen molar-refractivity contribution in [2.24, 2.45) is 0 Å². The van der Waals surface area contributed by atoms with Crippen LogP contribution >= 0.6 is 0 Å². The van der Waals surface area contributed by atoms with E-state index in [1.165, 1.54) is 0 Å². The summed E-state index contributed by atoms with van der Waals surface area (Å²) in [6.07, 6.45) is 5.01. The van der Waals surface area contributed by atoms with Crippen molar-refractivity contribution in [3.8, 4) is 0 Å². The van der Waals surface area contributed by atoms with Crippen LogP contribution in [0.2, 0.25) is 0 Å². The van der Waals surface area contributed by atoms with Crippen LogP contribution in [0.1, 0.15) is 63.0 Å². The minimum Gasteiger partial charge on any atom is -0.464 e. The van der Waals surface area contributed by atoms with Crippen LogP contribution in [-0.2, 0) is 6.42 Å². The summed E-state index contributed by atoms with van der Waals surface area (Å²) < 4.78 is 7.93. The fourth-order valence-electron chi connectivity index (χ4n) is 2.87. The van der Waals surface area contributed by atoms with Crippen LogP contribution in [0.4, 0.5) is 0 Å². The van der Waals surface area contributed by atoms with Crippen LogP contribution in [0.25, 0.3) is 5.65 Å². The summed E-state index contributed by atoms with van der Waals surface area (Å²) in [5, 5.41) is 12.3. The van der Waals surface area contributed by atoms with Gasteiger partial charge in [0, 0.05) is 12.6 Å². The van der Waals surface area contributed by atoms with Gasteiger partial charge in [-0.05, 0) is 37.6 Å². The summed E-state index contributed by atoms with van der Waals surface area (Å²) in [5.74, 6) is 2.95. The number of fused-ring (bicyclic) bond motifs is 1. The number of aryl methyl sites for hydroxylation is 1. The average Bonchev–Trinajstić information content (AvgIpc) is 3.21. The third-order valence-electron chi connectivity index (χ3n) is 4.14. The molecule has 23 heavy (non-hydrogen) atoms. The molecule has 0 bridgehead atoms. The van der Waals surface area contributed by atoms with E-state index in [0.717, 1.165) is 42.3 Å². The van der Waals surface area contributed by atoms with E-state index in [-0.39, 0.29) is 12.1 Å². The molecule has 0 unspecified atom stereocenters. The van der Waals surface area contributed by atoms with Gasteiger partial charge in [-0.3, -0.25) is 9.72 Å². The highest BCUT2D eigenvalue weighted by Gasteiger charge is 2.21. The summed E-state index contributed by atoms with van der Waals surface area (Å²) in [6, 6.07) is 10.3. The maximum Gasteiger partial charge on any atom is 0.160 e. The molecular formula is C18H24N4O. The maximum atomic E-state index is 5.87. The minimum absolute atomic E-state index is 0.128. The van der Waals surface area contributed by atoms with Crippen molar-refractivity contribution in [3.05, 3.63) is 53.9 Å². The topological polar surface area (TPSA) is 55.4 Å². The first-order chi connectivity index (χ1) is 11.2. The minimum atomic E-state index is 0.128. The Labute approximate surface area is 136 Å². The van der Waals surface area contributed by atoms with E-state index in [9.17, 15) is 0 Å². The van der Waals surface area contributed by atoms with Crippen molar-refractivity contribution in [3.63, 3.8) is 0 Å². The van der Waals surface area contributed by atoms with E-state index in [1.807, 2.05) is 24.4 Å². The smallest absolute Gasteiger partial charge is 0.160 e. The fourth-order valence-corrected chi connectivity index (χ4v) is 2.87. The van der Waals surface area contributed by atoms with Crippen LogP contribution in [-0.4, -0.2) is 14.6 Å². The Kier molecular flexibility index (Phi) is 4.76. The van der Waals surface area contributed by atoms with Crippen LogP contribution in [0.15, 0.2) is 40.9 Å². The molecule has 3 aromatic heterocycles. The van der Waals surface area contributed by atoms with Gasteiger partial charge < -0.3 is 4.42 Å². The molecule has 0 spiro atoms. The lowest BCUT2D eigenvalue weighted by Gasteiger charge is -2.20. The molecule has 0 aliphatic heterocycles. The Morgan fingerprint density at radius 2 is 2.04 bits per heavy atom. The molecule has 3 aromatic rings. The normalized spacial score (nSPS) is 14.2. The lowest BCUT2D eigenvalue weighted by atomic mass is 10.1. The van der Waals surface area contributed by atoms with Gasteiger partial charge >= 0.3 is 0 Å². The Bertz CT molecular complexity index is 761. The summed E-state index contributed by atoms with van der Waals surface area (Å²) in [5.41, 5.74) is 0.879. The van der Waals surface area contributed by atoms with Crippen LogP contribution in [0, 0.1) is 0 Å². The number of hydrogen-bond donors (Lipinski definition) is 1. The second kappa shape index (κ2) is 6.96. The predicted molar refractivity (Wildman–Crippen MR) is 90.3 cm³/mol. The fraction of sp³-hybridized carbons (Fsp3) is 0.444. The molecule has 122 valence electrons. The quantitative estimate of drug-likeness (QED) is 0.714. The first-order valence-corrected chi connectivity index (χ1v) is 8.37. The van der Waals surface area contributed by atoms with Crippen molar-refractivity contribution >= 4 is 5.65 Å².